The van der Waals surface area contributed by atoms with Gasteiger partial charge in [-0.3, -0.25) is 18.9 Å². The number of hydrogen-bond acceptors (Lipinski definition) is 7. The molecular formula is C23H25N3O5S2. The molecule has 174 valence electrons. The number of sulfonamides is 1. The van der Waals surface area contributed by atoms with E-state index >= 15 is 0 Å². The maximum atomic E-state index is 13.2. The van der Waals surface area contributed by atoms with E-state index in [1.165, 1.54) is 11.8 Å². The molecule has 0 aliphatic carbocycles. The molecule has 2 aromatic carbocycles. The topological polar surface area (TPSA) is 107 Å². The number of benzene rings is 2. The Bertz CT molecular complexity index is 1330. The van der Waals surface area contributed by atoms with Gasteiger partial charge >= 0.3 is 0 Å². The second kappa shape index (κ2) is 9.66. The van der Waals surface area contributed by atoms with E-state index in [-0.39, 0.29) is 17.4 Å². The van der Waals surface area contributed by atoms with Crippen LogP contribution in [0, 0.1) is 0 Å². The van der Waals surface area contributed by atoms with Crippen molar-refractivity contribution in [3.8, 4) is 0 Å². The largest absolute Gasteiger partial charge is 0.376 e. The van der Waals surface area contributed by atoms with Gasteiger partial charge in [-0.05, 0) is 56.2 Å². The summed E-state index contributed by atoms with van der Waals surface area (Å²) in [7, 11) is -3.39. The number of thioether (sulfide) groups is 1. The lowest BCUT2D eigenvalue weighted by atomic mass is 10.1. The van der Waals surface area contributed by atoms with Gasteiger partial charge in [-0.2, -0.15) is 0 Å². The molecule has 1 aliphatic rings. The molecule has 0 amide bonds. The van der Waals surface area contributed by atoms with E-state index in [2.05, 4.69) is 9.71 Å². The first-order valence-electron chi connectivity index (χ1n) is 10.6. The van der Waals surface area contributed by atoms with Crippen molar-refractivity contribution in [2.45, 2.75) is 42.8 Å². The summed E-state index contributed by atoms with van der Waals surface area (Å²) in [5, 5.41) is 0.501. The Labute approximate surface area is 196 Å². The Morgan fingerprint density at radius 1 is 1.24 bits per heavy atom. The summed E-state index contributed by atoms with van der Waals surface area (Å²) in [5.41, 5.74) is 1.28. The zero-order chi connectivity index (χ0) is 23.6. The van der Waals surface area contributed by atoms with Gasteiger partial charge in [0.25, 0.3) is 5.56 Å². The van der Waals surface area contributed by atoms with Crippen LogP contribution in [0.2, 0.25) is 0 Å². The molecule has 0 spiro atoms. The number of nitrogens with one attached hydrogen (secondary N) is 1. The first-order valence-corrected chi connectivity index (χ1v) is 13.4. The Hall–Kier alpha value is -2.69. The summed E-state index contributed by atoms with van der Waals surface area (Å²) >= 11 is 1.23. The molecule has 2 atom stereocenters. The molecule has 0 radical (unpaired) electrons. The molecule has 33 heavy (non-hydrogen) atoms. The lowest BCUT2D eigenvalue weighted by Gasteiger charge is -2.18. The van der Waals surface area contributed by atoms with Gasteiger partial charge in [-0.15, -0.1) is 0 Å². The zero-order valence-electron chi connectivity index (χ0n) is 18.4. The fraction of sp³-hybridized carbons (Fsp3) is 0.348. The third-order valence-corrected chi connectivity index (χ3v) is 7.06. The molecule has 0 bridgehead atoms. The van der Waals surface area contributed by atoms with E-state index in [9.17, 15) is 18.0 Å². The van der Waals surface area contributed by atoms with Crippen molar-refractivity contribution in [3.05, 3.63) is 64.4 Å². The third-order valence-electron chi connectivity index (χ3n) is 5.36. The summed E-state index contributed by atoms with van der Waals surface area (Å²) in [6.07, 6.45) is 2.86. The first-order chi connectivity index (χ1) is 15.7. The van der Waals surface area contributed by atoms with Crippen molar-refractivity contribution >= 4 is 44.2 Å². The van der Waals surface area contributed by atoms with E-state index in [1.807, 2.05) is 12.1 Å². The van der Waals surface area contributed by atoms with Gasteiger partial charge in [0, 0.05) is 17.9 Å². The molecule has 10 heteroatoms. The van der Waals surface area contributed by atoms with Crippen molar-refractivity contribution in [1.82, 2.24) is 9.55 Å². The van der Waals surface area contributed by atoms with Crippen LogP contribution < -0.4 is 10.3 Å². The predicted molar refractivity (Wildman–Crippen MR) is 130 cm³/mol. The number of ether oxygens (including phenoxy) is 1. The van der Waals surface area contributed by atoms with Crippen LogP contribution in [0.4, 0.5) is 5.69 Å². The standard InChI is InChI=1S/C23H25N3O5S2/c1-15(21(27)16-9-11-17(12-10-16)25-33(2,29)30)32-23-24-20-8-4-3-7-19(20)22(28)26(23)14-18-6-5-13-31-18/h3-4,7-12,15,18,25H,5-6,13-14H2,1-2H3/t15-,18-/m0/s1. The normalized spacial score (nSPS) is 17.2. The number of fused-ring (bicyclic) bond motifs is 1. The first kappa shape index (κ1) is 23.5. The van der Waals surface area contributed by atoms with Crippen molar-refractivity contribution in [1.29, 1.82) is 0 Å². The molecule has 2 heterocycles. The maximum absolute atomic E-state index is 13.2. The maximum Gasteiger partial charge on any atom is 0.262 e. The number of carbonyl (C=O) groups excluding carboxylic acids is 1. The Kier molecular flexibility index (Phi) is 6.87. The predicted octanol–water partition coefficient (Wildman–Crippen LogP) is 3.31. The number of aromatic nitrogens is 2. The van der Waals surface area contributed by atoms with Gasteiger partial charge in [0.2, 0.25) is 10.0 Å². The highest BCUT2D eigenvalue weighted by atomic mass is 32.2. The highest BCUT2D eigenvalue weighted by Crippen LogP contribution is 2.27. The van der Waals surface area contributed by atoms with E-state index in [0.717, 1.165) is 19.1 Å². The summed E-state index contributed by atoms with van der Waals surface area (Å²) in [6, 6.07) is 13.4. The fourth-order valence-corrected chi connectivity index (χ4v) is 5.31. The Balaban J connectivity index is 1.60. The number of Topliss-reactive ketones (excluding diaryl/α,β-unsaturated/α-hetero) is 1. The smallest absolute Gasteiger partial charge is 0.262 e. The highest BCUT2D eigenvalue weighted by Gasteiger charge is 2.24. The molecule has 4 rings (SSSR count). The van der Waals surface area contributed by atoms with Gasteiger partial charge in [0.1, 0.15) is 0 Å². The number of ketones is 1. The minimum Gasteiger partial charge on any atom is -0.376 e. The number of anilines is 1. The van der Waals surface area contributed by atoms with Crippen LogP contribution in [-0.2, 0) is 21.3 Å². The van der Waals surface area contributed by atoms with Gasteiger partial charge in [-0.1, -0.05) is 23.9 Å². The number of rotatable bonds is 8. The molecule has 8 nitrogen and oxygen atoms in total. The highest BCUT2D eigenvalue weighted by molar-refractivity contribution is 8.00. The number of para-hydroxylation sites is 1. The van der Waals surface area contributed by atoms with E-state index < -0.39 is 15.3 Å². The van der Waals surface area contributed by atoms with E-state index in [1.54, 1.807) is 47.9 Å². The quantitative estimate of drug-likeness (QED) is 0.295. The lowest BCUT2D eigenvalue weighted by molar-refractivity contribution is 0.0937. The average molecular weight is 488 g/mol. The van der Waals surface area contributed by atoms with E-state index in [0.29, 0.717) is 40.5 Å². The molecule has 1 saturated heterocycles. The van der Waals surface area contributed by atoms with Crippen LogP contribution >= 0.6 is 11.8 Å². The zero-order valence-corrected chi connectivity index (χ0v) is 20.0. The fourth-order valence-electron chi connectivity index (χ4n) is 3.75. The average Bonchev–Trinajstić information content (AvgIpc) is 3.28. The van der Waals surface area contributed by atoms with Crippen LogP contribution in [0.3, 0.4) is 0 Å². The Morgan fingerprint density at radius 2 is 1.97 bits per heavy atom. The molecule has 3 aromatic rings. The number of carbonyl (C=O) groups is 1. The molecular weight excluding hydrogens is 462 g/mol. The van der Waals surface area contributed by atoms with Crippen molar-refractivity contribution in [2.75, 3.05) is 17.6 Å². The van der Waals surface area contributed by atoms with Gasteiger partial charge in [0.05, 0.1) is 35.1 Å². The monoisotopic (exact) mass is 487 g/mol. The second-order valence-electron chi connectivity index (χ2n) is 8.04. The van der Waals surface area contributed by atoms with Crippen LogP contribution in [0.15, 0.2) is 58.5 Å². The number of hydrogen-bond donors (Lipinski definition) is 1. The van der Waals surface area contributed by atoms with Crippen molar-refractivity contribution < 1.29 is 17.9 Å². The minimum atomic E-state index is -3.39. The van der Waals surface area contributed by atoms with Crippen LogP contribution in [0.25, 0.3) is 10.9 Å². The van der Waals surface area contributed by atoms with Gasteiger partial charge in [-0.25, -0.2) is 13.4 Å². The van der Waals surface area contributed by atoms with Crippen molar-refractivity contribution in [2.24, 2.45) is 0 Å². The summed E-state index contributed by atoms with van der Waals surface area (Å²) in [4.78, 5) is 31.0. The van der Waals surface area contributed by atoms with Crippen LogP contribution in [0.1, 0.15) is 30.1 Å². The molecule has 1 aromatic heterocycles. The Morgan fingerprint density at radius 3 is 2.64 bits per heavy atom. The molecule has 0 unspecified atom stereocenters. The van der Waals surface area contributed by atoms with Crippen LogP contribution in [-0.4, -0.2) is 48.0 Å². The van der Waals surface area contributed by atoms with Gasteiger partial charge in [0.15, 0.2) is 10.9 Å². The minimum absolute atomic E-state index is 0.0501. The molecule has 1 aliphatic heterocycles. The summed E-state index contributed by atoms with van der Waals surface area (Å²) in [5.74, 6) is -0.142. The second-order valence-corrected chi connectivity index (χ2v) is 11.1. The lowest BCUT2D eigenvalue weighted by Crippen LogP contribution is -2.29. The molecule has 1 N–H and O–H groups in total. The van der Waals surface area contributed by atoms with E-state index in [4.69, 9.17) is 4.74 Å². The molecule has 1 fully saturated rings. The number of nitrogens with zero attached hydrogens (tertiary/aromatic N) is 2. The SMILES string of the molecule is C[C@H](Sc1nc2ccccc2c(=O)n1C[C@@H]1CCCO1)C(=O)c1ccc(NS(C)(=O)=O)cc1. The third kappa shape index (κ3) is 5.63. The van der Waals surface area contributed by atoms with Crippen molar-refractivity contribution in [3.63, 3.8) is 0 Å². The summed E-state index contributed by atoms with van der Waals surface area (Å²) in [6.45, 7) is 2.85. The van der Waals surface area contributed by atoms with Gasteiger partial charge < -0.3 is 4.74 Å². The van der Waals surface area contributed by atoms with Crippen LogP contribution in [0.5, 0.6) is 0 Å². The summed E-state index contributed by atoms with van der Waals surface area (Å²) < 4.78 is 32.5. The molecule has 0 saturated carbocycles.